The van der Waals surface area contributed by atoms with Gasteiger partial charge in [-0.15, -0.1) is 0 Å². The Morgan fingerprint density at radius 2 is 0.889 bits per heavy atom. The van der Waals surface area contributed by atoms with Crippen LogP contribution >= 0.6 is 7.82 Å². The number of unbranched alkanes of at least 4 members (excludes halogenated alkanes) is 16. The Bertz CT molecular complexity index is 1100. The summed E-state index contributed by atoms with van der Waals surface area (Å²) in [6.07, 6.45) is 51.9. The first-order chi connectivity index (χ1) is 26.3. The topological polar surface area (TPSA) is 119 Å². The summed E-state index contributed by atoms with van der Waals surface area (Å²) < 4.78 is 26.4. The Hall–Kier alpha value is -2.51. The summed E-state index contributed by atoms with van der Waals surface area (Å²) in [6, 6.07) is 0. The molecule has 0 aliphatic rings. The summed E-state index contributed by atoms with van der Waals surface area (Å²) >= 11 is 0. The second-order valence-electron chi connectivity index (χ2n) is 13.9. The van der Waals surface area contributed by atoms with E-state index in [0.717, 1.165) is 96.3 Å². The van der Waals surface area contributed by atoms with Gasteiger partial charge in [-0.05, 0) is 77.0 Å². The van der Waals surface area contributed by atoms with Crippen molar-refractivity contribution in [2.45, 2.75) is 187 Å². The lowest BCUT2D eigenvalue weighted by molar-refractivity contribution is -0.161. The molecule has 310 valence electrons. The summed E-state index contributed by atoms with van der Waals surface area (Å²) in [5.74, 6) is -0.911. The summed E-state index contributed by atoms with van der Waals surface area (Å²) in [5.41, 5.74) is 0. The normalized spacial score (nSPS) is 13.2. The minimum absolute atomic E-state index is 0.200. The van der Waals surface area contributed by atoms with E-state index in [1.807, 2.05) is 0 Å². The van der Waals surface area contributed by atoms with Gasteiger partial charge >= 0.3 is 19.8 Å². The molecule has 1 atom stereocenters. The van der Waals surface area contributed by atoms with Crippen LogP contribution in [0.25, 0.3) is 0 Å². The van der Waals surface area contributed by atoms with Crippen molar-refractivity contribution in [1.82, 2.24) is 0 Å². The highest BCUT2D eigenvalue weighted by atomic mass is 31.2. The average Bonchev–Trinajstić information content (AvgIpc) is 3.14. The van der Waals surface area contributed by atoms with Crippen molar-refractivity contribution >= 4 is 19.8 Å². The Morgan fingerprint density at radius 3 is 1.33 bits per heavy atom. The second kappa shape index (κ2) is 40.2. The molecule has 0 fully saturated rings. The number of phosphoric ester groups is 1. The predicted octanol–water partition coefficient (Wildman–Crippen LogP) is 13.1. The molecular weight excluding hydrogens is 699 g/mol. The van der Waals surface area contributed by atoms with Gasteiger partial charge < -0.3 is 19.3 Å². The highest BCUT2D eigenvalue weighted by Crippen LogP contribution is 2.36. The average molecular weight is 777 g/mol. The van der Waals surface area contributed by atoms with Gasteiger partial charge in [0.15, 0.2) is 6.10 Å². The molecule has 1 unspecified atom stereocenters. The van der Waals surface area contributed by atoms with E-state index in [2.05, 4.69) is 91.3 Å². The zero-order valence-electron chi connectivity index (χ0n) is 34.1. The van der Waals surface area contributed by atoms with Gasteiger partial charge in [0.1, 0.15) is 6.61 Å². The SMILES string of the molecule is CC/C=C\C/C=C\C/C=C\C/C=C\CCCCCCCCCCCCC(=O)OC(COC(=O)CCCCCCC/C=C\C/C=C\CCC)COP(=O)(O)O. The van der Waals surface area contributed by atoms with Crippen LogP contribution in [0, 0.1) is 0 Å². The zero-order chi connectivity index (χ0) is 39.6. The van der Waals surface area contributed by atoms with Crippen LogP contribution in [-0.2, 0) is 28.2 Å². The van der Waals surface area contributed by atoms with Crippen molar-refractivity contribution in [3.63, 3.8) is 0 Å². The maximum Gasteiger partial charge on any atom is 0.469 e. The van der Waals surface area contributed by atoms with Gasteiger partial charge in [-0.2, -0.15) is 0 Å². The molecule has 2 N–H and O–H groups in total. The molecule has 0 rings (SSSR count). The van der Waals surface area contributed by atoms with Gasteiger partial charge in [-0.25, -0.2) is 4.57 Å². The third-order valence-electron chi connectivity index (χ3n) is 8.69. The largest absolute Gasteiger partial charge is 0.469 e. The molecule has 54 heavy (non-hydrogen) atoms. The molecule has 0 aliphatic carbocycles. The van der Waals surface area contributed by atoms with Crippen molar-refractivity contribution in [2.75, 3.05) is 13.2 Å². The maximum atomic E-state index is 12.4. The van der Waals surface area contributed by atoms with E-state index in [1.165, 1.54) is 44.9 Å². The second-order valence-corrected chi connectivity index (χ2v) is 15.2. The van der Waals surface area contributed by atoms with Gasteiger partial charge in [0.2, 0.25) is 0 Å². The van der Waals surface area contributed by atoms with Crippen LogP contribution in [0.1, 0.15) is 181 Å². The first-order valence-electron chi connectivity index (χ1n) is 21.2. The molecule has 0 amide bonds. The van der Waals surface area contributed by atoms with Crippen LogP contribution in [0.5, 0.6) is 0 Å². The molecule has 0 radical (unpaired) electrons. The van der Waals surface area contributed by atoms with Gasteiger partial charge in [0, 0.05) is 12.8 Å². The highest BCUT2D eigenvalue weighted by Gasteiger charge is 2.22. The monoisotopic (exact) mass is 777 g/mol. The fourth-order valence-electron chi connectivity index (χ4n) is 5.58. The third-order valence-corrected chi connectivity index (χ3v) is 9.18. The summed E-state index contributed by atoms with van der Waals surface area (Å²) in [4.78, 5) is 42.8. The van der Waals surface area contributed by atoms with Crippen LogP contribution in [0.2, 0.25) is 0 Å². The van der Waals surface area contributed by atoms with Crippen molar-refractivity contribution in [2.24, 2.45) is 0 Å². The van der Waals surface area contributed by atoms with E-state index in [0.29, 0.717) is 12.8 Å². The summed E-state index contributed by atoms with van der Waals surface area (Å²) in [6.45, 7) is 3.49. The minimum atomic E-state index is -4.76. The van der Waals surface area contributed by atoms with Gasteiger partial charge in [-0.3, -0.25) is 14.1 Å². The quantitative estimate of drug-likeness (QED) is 0.0275. The molecule has 0 aromatic rings. The smallest absolute Gasteiger partial charge is 0.462 e. The van der Waals surface area contributed by atoms with Crippen LogP contribution < -0.4 is 0 Å². The zero-order valence-corrected chi connectivity index (χ0v) is 35.0. The Balaban J connectivity index is 3.91. The first-order valence-corrected chi connectivity index (χ1v) is 22.8. The lowest BCUT2D eigenvalue weighted by Gasteiger charge is -2.18. The molecule has 0 spiro atoms. The van der Waals surface area contributed by atoms with Crippen LogP contribution in [0.4, 0.5) is 0 Å². The van der Waals surface area contributed by atoms with E-state index in [9.17, 15) is 14.2 Å². The molecule has 0 aromatic heterocycles. The first kappa shape index (κ1) is 51.5. The number of allylic oxidation sites excluding steroid dienone is 12. The molecule has 0 saturated heterocycles. The lowest BCUT2D eigenvalue weighted by atomic mass is 10.0. The van der Waals surface area contributed by atoms with Crippen LogP contribution in [0.15, 0.2) is 72.9 Å². The predicted molar refractivity (Wildman–Crippen MR) is 225 cm³/mol. The highest BCUT2D eigenvalue weighted by molar-refractivity contribution is 7.46. The number of carbonyl (C=O) groups excluding carboxylic acids is 2. The van der Waals surface area contributed by atoms with Gasteiger partial charge in [0.05, 0.1) is 6.61 Å². The maximum absolute atomic E-state index is 12.4. The van der Waals surface area contributed by atoms with Crippen molar-refractivity contribution in [3.8, 4) is 0 Å². The molecular formula is C45H77O8P. The van der Waals surface area contributed by atoms with E-state index >= 15 is 0 Å². The Morgan fingerprint density at radius 1 is 0.500 bits per heavy atom. The standard InChI is InChI=1S/C45H77O8P/c1-3-5-7-9-11-13-15-17-18-19-20-21-22-23-24-25-26-28-30-32-34-36-38-40-45(47)53-43(42-52-54(48,49)50)41-51-44(46)39-37-35-33-31-29-27-16-14-12-10-8-6-4-2/h5,7-8,10-11,13-14,16-18,20-21,43H,3-4,6,9,12,15,19,22-42H2,1-2H3,(H2,48,49,50)/b7-5-,10-8-,13-11-,16-14-,18-17-,21-20-. The van der Waals surface area contributed by atoms with Gasteiger partial charge in [-0.1, -0.05) is 164 Å². The van der Waals surface area contributed by atoms with E-state index in [-0.39, 0.29) is 19.4 Å². The number of hydrogen-bond acceptors (Lipinski definition) is 6. The number of rotatable bonds is 38. The van der Waals surface area contributed by atoms with Crippen molar-refractivity contribution in [1.29, 1.82) is 0 Å². The van der Waals surface area contributed by atoms with E-state index < -0.39 is 32.5 Å². The third kappa shape index (κ3) is 42.2. The summed E-state index contributed by atoms with van der Waals surface area (Å²) in [5, 5.41) is 0. The molecule has 0 heterocycles. The Kier molecular flexibility index (Phi) is 38.3. The number of phosphoric acid groups is 1. The number of esters is 2. The number of carbonyl (C=O) groups is 2. The molecule has 0 saturated carbocycles. The molecule has 0 bridgehead atoms. The van der Waals surface area contributed by atoms with E-state index in [4.69, 9.17) is 19.3 Å². The fourth-order valence-corrected chi connectivity index (χ4v) is 5.94. The van der Waals surface area contributed by atoms with Crippen LogP contribution in [-0.4, -0.2) is 41.0 Å². The lowest BCUT2D eigenvalue weighted by Crippen LogP contribution is -2.29. The number of hydrogen-bond donors (Lipinski definition) is 2. The van der Waals surface area contributed by atoms with Crippen molar-refractivity contribution in [3.05, 3.63) is 72.9 Å². The molecule has 8 nitrogen and oxygen atoms in total. The van der Waals surface area contributed by atoms with Crippen molar-refractivity contribution < 1.29 is 37.9 Å². The summed E-state index contributed by atoms with van der Waals surface area (Å²) in [7, 11) is -4.76. The van der Waals surface area contributed by atoms with Gasteiger partial charge in [0.25, 0.3) is 0 Å². The van der Waals surface area contributed by atoms with E-state index in [1.54, 1.807) is 0 Å². The molecule has 9 heteroatoms. The molecule has 0 aliphatic heterocycles. The van der Waals surface area contributed by atoms with Crippen LogP contribution in [0.3, 0.4) is 0 Å². The minimum Gasteiger partial charge on any atom is -0.462 e. The molecule has 0 aromatic carbocycles. The number of ether oxygens (including phenoxy) is 2. The Labute approximate surface area is 329 Å². The fraction of sp³-hybridized carbons (Fsp3) is 0.689.